The Balaban J connectivity index is 4.42. The summed E-state index contributed by atoms with van der Waals surface area (Å²) in [5, 5.41) is 0. The van der Waals surface area contributed by atoms with Crippen molar-refractivity contribution in [3.05, 3.63) is 72.9 Å². The molecule has 0 aromatic carbocycles. The molecule has 0 bridgehead atoms. The van der Waals surface area contributed by atoms with E-state index in [1.54, 1.807) is 0 Å². The molecule has 0 N–H and O–H groups in total. The fourth-order valence-electron chi connectivity index (χ4n) is 8.27. The maximum absolute atomic E-state index is 12.9. The first-order valence-corrected chi connectivity index (χ1v) is 29.5. The quantitative estimate of drug-likeness (QED) is 0.0199. The van der Waals surface area contributed by atoms with Crippen LogP contribution in [0.1, 0.15) is 290 Å². The first-order valence-electron chi connectivity index (χ1n) is 29.5. The van der Waals surface area contributed by atoms with E-state index < -0.39 is 6.10 Å². The number of carbonyl (C=O) groups excluding carboxylic acids is 3. The molecule has 69 heavy (non-hydrogen) atoms. The first kappa shape index (κ1) is 65.8. The molecule has 0 aliphatic carbocycles. The minimum Gasteiger partial charge on any atom is -0.462 e. The van der Waals surface area contributed by atoms with Crippen molar-refractivity contribution in [1.82, 2.24) is 0 Å². The average molecular weight is 964 g/mol. The largest absolute Gasteiger partial charge is 0.462 e. The minimum absolute atomic E-state index is 0.0908. The van der Waals surface area contributed by atoms with Gasteiger partial charge in [-0.3, -0.25) is 14.4 Å². The molecule has 0 aliphatic rings. The van der Waals surface area contributed by atoms with Crippen LogP contribution in [-0.4, -0.2) is 37.2 Å². The minimum atomic E-state index is -0.795. The molecule has 0 rings (SSSR count). The molecule has 0 radical (unpaired) electrons. The third kappa shape index (κ3) is 55.6. The molecular weight excluding hydrogens is 853 g/mol. The number of hydrogen-bond donors (Lipinski definition) is 0. The summed E-state index contributed by atoms with van der Waals surface area (Å²) in [5.41, 5.74) is 0. The second kappa shape index (κ2) is 57.4. The Labute approximate surface area is 427 Å². The smallest absolute Gasteiger partial charge is 0.306 e. The van der Waals surface area contributed by atoms with E-state index >= 15 is 0 Å². The lowest BCUT2D eigenvalue weighted by Gasteiger charge is -2.18. The van der Waals surface area contributed by atoms with Crippen LogP contribution in [0.2, 0.25) is 0 Å². The van der Waals surface area contributed by atoms with Crippen molar-refractivity contribution < 1.29 is 28.6 Å². The van der Waals surface area contributed by atoms with Gasteiger partial charge in [-0.15, -0.1) is 0 Å². The van der Waals surface area contributed by atoms with Crippen LogP contribution in [-0.2, 0) is 28.6 Å². The third-order valence-electron chi connectivity index (χ3n) is 12.7. The van der Waals surface area contributed by atoms with Crippen LogP contribution < -0.4 is 0 Å². The van der Waals surface area contributed by atoms with E-state index in [1.807, 2.05) is 0 Å². The van der Waals surface area contributed by atoms with Gasteiger partial charge >= 0.3 is 17.9 Å². The summed E-state index contributed by atoms with van der Waals surface area (Å²) in [7, 11) is 0. The van der Waals surface area contributed by atoms with Gasteiger partial charge in [0.2, 0.25) is 0 Å². The van der Waals surface area contributed by atoms with Crippen molar-refractivity contribution in [2.45, 2.75) is 297 Å². The van der Waals surface area contributed by atoms with E-state index in [0.29, 0.717) is 19.3 Å². The summed E-state index contributed by atoms with van der Waals surface area (Å²) in [6, 6.07) is 0. The highest BCUT2D eigenvalue weighted by molar-refractivity contribution is 5.71. The number of esters is 3. The zero-order chi connectivity index (χ0) is 50.0. The molecule has 0 aliphatic heterocycles. The van der Waals surface area contributed by atoms with Crippen molar-refractivity contribution in [3.8, 4) is 0 Å². The van der Waals surface area contributed by atoms with E-state index in [-0.39, 0.29) is 31.1 Å². The number of rotatable bonds is 53. The van der Waals surface area contributed by atoms with Crippen molar-refractivity contribution in [2.24, 2.45) is 0 Å². The Morgan fingerprint density at radius 2 is 0.609 bits per heavy atom. The summed E-state index contributed by atoms with van der Waals surface area (Å²) < 4.78 is 16.8. The summed E-state index contributed by atoms with van der Waals surface area (Å²) in [6.07, 6.45) is 73.2. The van der Waals surface area contributed by atoms with Crippen LogP contribution in [0.4, 0.5) is 0 Å². The third-order valence-corrected chi connectivity index (χ3v) is 12.7. The Hall–Kier alpha value is -3.15. The topological polar surface area (TPSA) is 78.9 Å². The van der Waals surface area contributed by atoms with Crippen LogP contribution in [0, 0.1) is 0 Å². The summed E-state index contributed by atoms with van der Waals surface area (Å²) in [4.78, 5) is 38.2. The van der Waals surface area contributed by atoms with Crippen LogP contribution in [0.25, 0.3) is 0 Å². The zero-order valence-corrected chi connectivity index (χ0v) is 45.6. The van der Waals surface area contributed by atoms with E-state index in [4.69, 9.17) is 14.2 Å². The summed E-state index contributed by atoms with van der Waals surface area (Å²) >= 11 is 0. The molecule has 1 atom stereocenters. The second-order valence-electron chi connectivity index (χ2n) is 19.5. The first-order chi connectivity index (χ1) is 34.0. The van der Waals surface area contributed by atoms with Crippen LogP contribution in [0.5, 0.6) is 0 Å². The molecule has 0 fully saturated rings. The molecule has 0 spiro atoms. The predicted molar refractivity (Wildman–Crippen MR) is 298 cm³/mol. The summed E-state index contributed by atoms with van der Waals surface area (Å²) in [6.45, 7) is 6.51. The maximum atomic E-state index is 12.9. The normalized spacial score (nSPS) is 12.6. The number of carbonyl (C=O) groups is 3. The van der Waals surface area contributed by atoms with E-state index in [2.05, 4.69) is 93.7 Å². The lowest BCUT2D eigenvalue weighted by atomic mass is 10.1. The van der Waals surface area contributed by atoms with E-state index in [9.17, 15) is 14.4 Å². The van der Waals surface area contributed by atoms with Gasteiger partial charge in [-0.1, -0.05) is 241 Å². The number of ether oxygens (including phenoxy) is 3. The highest BCUT2D eigenvalue weighted by Crippen LogP contribution is 2.15. The molecule has 0 heterocycles. The van der Waals surface area contributed by atoms with Crippen molar-refractivity contribution in [2.75, 3.05) is 13.2 Å². The van der Waals surface area contributed by atoms with Gasteiger partial charge in [0.25, 0.3) is 0 Å². The molecule has 0 aromatic rings. The molecule has 0 amide bonds. The Morgan fingerprint density at radius 1 is 0.319 bits per heavy atom. The Morgan fingerprint density at radius 3 is 0.986 bits per heavy atom. The monoisotopic (exact) mass is 963 g/mol. The highest BCUT2D eigenvalue weighted by Gasteiger charge is 2.19. The molecule has 6 nitrogen and oxygen atoms in total. The molecule has 1 unspecified atom stereocenters. The van der Waals surface area contributed by atoms with E-state index in [1.165, 1.54) is 141 Å². The molecule has 0 saturated carbocycles. The van der Waals surface area contributed by atoms with Gasteiger partial charge in [0.05, 0.1) is 0 Å². The van der Waals surface area contributed by atoms with Gasteiger partial charge in [0.15, 0.2) is 6.10 Å². The summed E-state index contributed by atoms with van der Waals surface area (Å²) in [5.74, 6) is -0.924. The fraction of sp³-hybridized carbons (Fsp3) is 0.762. The highest BCUT2D eigenvalue weighted by atomic mass is 16.6. The number of hydrogen-bond acceptors (Lipinski definition) is 6. The second-order valence-corrected chi connectivity index (χ2v) is 19.5. The van der Waals surface area contributed by atoms with Crippen molar-refractivity contribution in [3.63, 3.8) is 0 Å². The van der Waals surface area contributed by atoms with Gasteiger partial charge < -0.3 is 14.2 Å². The van der Waals surface area contributed by atoms with Gasteiger partial charge in [0, 0.05) is 19.3 Å². The van der Waals surface area contributed by atoms with Crippen molar-refractivity contribution in [1.29, 1.82) is 0 Å². The predicted octanol–water partition coefficient (Wildman–Crippen LogP) is 19.8. The fourth-order valence-corrected chi connectivity index (χ4v) is 8.27. The molecule has 0 saturated heterocycles. The van der Waals surface area contributed by atoms with Crippen LogP contribution in [0.15, 0.2) is 72.9 Å². The van der Waals surface area contributed by atoms with Gasteiger partial charge in [0.1, 0.15) is 13.2 Å². The van der Waals surface area contributed by atoms with Gasteiger partial charge in [-0.25, -0.2) is 0 Å². The molecular formula is C63H110O6. The lowest BCUT2D eigenvalue weighted by Crippen LogP contribution is -2.30. The lowest BCUT2D eigenvalue weighted by molar-refractivity contribution is -0.167. The standard InChI is InChI=1S/C63H110O6/c1-4-7-10-13-16-19-22-25-28-30-32-34-35-38-41-44-47-50-53-56-62(65)68-59-60(58-67-61(64)55-52-49-46-43-40-37-27-24-21-18-15-12-9-6-3)69-63(66)57-54-51-48-45-42-39-36-33-31-29-26-23-20-17-14-11-8-5-2/h9,12,18,21,27,29-33,36-37,60H,4-8,10-11,13-17,19-20,22-26,28,34-35,38-59H2,1-3H3/b12-9-,21-18-,31-29-,32-30-,36-33-,37-27-. The van der Waals surface area contributed by atoms with Gasteiger partial charge in [-0.05, 0) is 103 Å². The SMILES string of the molecule is CC/C=C\C/C=C\C/C=C\CCCCCCC(=O)OCC(COC(=O)CCCCCCCCC/C=C\CCCCCCCCCC)OC(=O)CCCCCCC/C=C\C=C/CCCCCCCCC. The average Bonchev–Trinajstić information content (AvgIpc) is 3.35. The molecule has 6 heteroatoms. The van der Waals surface area contributed by atoms with Crippen LogP contribution in [0.3, 0.4) is 0 Å². The molecule has 398 valence electrons. The molecule has 0 aromatic heterocycles. The van der Waals surface area contributed by atoms with Crippen LogP contribution >= 0.6 is 0 Å². The Bertz CT molecular complexity index is 1290. The maximum Gasteiger partial charge on any atom is 0.306 e. The zero-order valence-electron chi connectivity index (χ0n) is 45.6. The van der Waals surface area contributed by atoms with Crippen molar-refractivity contribution >= 4 is 17.9 Å². The van der Waals surface area contributed by atoms with Gasteiger partial charge in [-0.2, -0.15) is 0 Å². The number of unbranched alkanes of at least 4 members (excludes halogenated alkanes) is 31. The van der Waals surface area contributed by atoms with E-state index in [0.717, 1.165) is 109 Å². The Kier molecular flexibility index (Phi) is 54.8. The number of allylic oxidation sites excluding steroid dienone is 12.